The van der Waals surface area contributed by atoms with E-state index in [1.54, 1.807) is 13.2 Å². The third kappa shape index (κ3) is 3.88. The molecule has 0 heterocycles. The molecule has 2 rings (SSSR count). The number of hydrogen-bond donors (Lipinski definition) is 1. The van der Waals surface area contributed by atoms with Gasteiger partial charge in [-0.05, 0) is 35.9 Å². The Morgan fingerprint density at radius 1 is 1.11 bits per heavy atom. The van der Waals surface area contributed by atoms with Crippen LogP contribution in [0.25, 0.3) is 0 Å². The van der Waals surface area contributed by atoms with Crippen LogP contribution in [0.2, 0.25) is 5.02 Å². The van der Waals surface area contributed by atoms with Crippen LogP contribution in [0.1, 0.15) is 11.1 Å². The van der Waals surface area contributed by atoms with E-state index in [2.05, 4.69) is 0 Å². The fraction of sp³-hybridized carbons (Fsp3) is 0.200. The van der Waals surface area contributed by atoms with Crippen LogP contribution in [0.15, 0.2) is 42.5 Å². The molecule has 4 heteroatoms. The second-order valence-electron chi connectivity index (χ2n) is 4.19. The van der Waals surface area contributed by atoms with Crippen molar-refractivity contribution in [2.75, 3.05) is 12.8 Å². The number of benzene rings is 2. The lowest BCUT2D eigenvalue weighted by Crippen LogP contribution is -1.98. The smallest absolute Gasteiger partial charge is 0.124 e. The average molecular weight is 278 g/mol. The van der Waals surface area contributed by atoms with Crippen molar-refractivity contribution in [2.45, 2.75) is 13.2 Å². The zero-order chi connectivity index (χ0) is 13.7. The van der Waals surface area contributed by atoms with Gasteiger partial charge in [-0.15, -0.1) is 0 Å². The Morgan fingerprint density at radius 2 is 1.95 bits per heavy atom. The summed E-state index contributed by atoms with van der Waals surface area (Å²) < 4.78 is 10.9. The topological polar surface area (TPSA) is 44.5 Å². The predicted molar refractivity (Wildman–Crippen MR) is 77.4 cm³/mol. The van der Waals surface area contributed by atoms with E-state index in [1.165, 1.54) is 0 Å². The summed E-state index contributed by atoms with van der Waals surface area (Å²) in [7, 11) is 1.63. The maximum Gasteiger partial charge on any atom is 0.124 e. The molecule has 3 nitrogen and oxygen atoms in total. The van der Waals surface area contributed by atoms with Gasteiger partial charge in [0.1, 0.15) is 5.75 Å². The van der Waals surface area contributed by atoms with Crippen molar-refractivity contribution in [3.63, 3.8) is 0 Å². The molecular formula is C15H16ClNO2. The van der Waals surface area contributed by atoms with Gasteiger partial charge in [0.05, 0.1) is 20.3 Å². The highest BCUT2D eigenvalue weighted by atomic mass is 35.5. The van der Waals surface area contributed by atoms with E-state index >= 15 is 0 Å². The quantitative estimate of drug-likeness (QED) is 0.849. The summed E-state index contributed by atoms with van der Waals surface area (Å²) in [5, 5.41) is 0.711. The standard InChI is InChI=1S/C15H16ClNO2/c1-18-15-6-5-14(17)8-12(15)10-19-9-11-3-2-4-13(16)7-11/h2-8H,9-10,17H2,1H3. The van der Waals surface area contributed by atoms with E-state index in [0.29, 0.717) is 23.9 Å². The van der Waals surface area contributed by atoms with E-state index in [0.717, 1.165) is 16.9 Å². The van der Waals surface area contributed by atoms with Crippen LogP contribution in [-0.4, -0.2) is 7.11 Å². The van der Waals surface area contributed by atoms with Gasteiger partial charge in [0.25, 0.3) is 0 Å². The first-order chi connectivity index (χ1) is 9.19. The van der Waals surface area contributed by atoms with Crippen LogP contribution in [-0.2, 0) is 18.0 Å². The van der Waals surface area contributed by atoms with Crippen LogP contribution in [0.3, 0.4) is 0 Å². The number of ether oxygens (including phenoxy) is 2. The lowest BCUT2D eigenvalue weighted by molar-refractivity contribution is 0.105. The summed E-state index contributed by atoms with van der Waals surface area (Å²) >= 11 is 5.92. The summed E-state index contributed by atoms with van der Waals surface area (Å²) in [4.78, 5) is 0. The maximum atomic E-state index is 5.92. The Hall–Kier alpha value is -1.71. The van der Waals surface area contributed by atoms with Crippen molar-refractivity contribution in [2.24, 2.45) is 0 Å². The van der Waals surface area contributed by atoms with E-state index in [4.69, 9.17) is 26.8 Å². The fourth-order valence-corrected chi connectivity index (χ4v) is 2.03. The minimum Gasteiger partial charge on any atom is -0.496 e. The first-order valence-corrected chi connectivity index (χ1v) is 6.31. The Morgan fingerprint density at radius 3 is 2.68 bits per heavy atom. The van der Waals surface area contributed by atoms with E-state index in [-0.39, 0.29) is 0 Å². The second kappa shape index (κ2) is 6.45. The van der Waals surface area contributed by atoms with Gasteiger partial charge in [0.15, 0.2) is 0 Å². The molecule has 0 bridgehead atoms. The molecule has 0 saturated heterocycles. The van der Waals surface area contributed by atoms with Gasteiger partial charge >= 0.3 is 0 Å². The summed E-state index contributed by atoms with van der Waals surface area (Å²) in [6.45, 7) is 0.944. The highest BCUT2D eigenvalue weighted by molar-refractivity contribution is 6.30. The number of halogens is 1. The van der Waals surface area contributed by atoms with Crippen molar-refractivity contribution in [1.29, 1.82) is 0 Å². The number of hydrogen-bond acceptors (Lipinski definition) is 3. The third-order valence-electron chi connectivity index (χ3n) is 2.72. The van der Waals surface area contributed by atoms with Crippen molar-refractivity contribution in [1.82, 2.24) is 0 Å². The molecule has 0 aliphatic carbocycles. The number of nitrogen functional groups attached to an aromatic ring is 1. The van der Waals surface area contributed by atoms with Gasteiger partial charge in [-0.2, -0.15) is 0 Å². The van der Waals surface area contributed by atoms with Gasteiger partial charge in [-0.25, -0.2) is 0 Å². The molecule has 0 radical (unpaired) electrons. The van der Waals surface area contributed by atoms with Crippen molar-refractivity contribution in [3.8, 4) is 5.75 Å². The molecular weight excluding hydrogens is 262 g/mol. The normalized spacial score (nSPS) is 10.4. The molecule has 0 amide bonds. The highest BCUT2D eigenvalue weighted by Crippen LogP contribution is 2.22. The molecule has 0 saturated carbocycles. The van der Waals surface area contributed by atoms with Crippen molar-refractivity contribution < 1.29 is 9.47 Å². The Bertz CT molecular complexity index is 558. The molecule has 0 aromatic heterocycles. The molecule has 0 fully saturated rings. The SMILES string of the molecule is COc1ccc(N)cc1COCc1cccc(Cl)c1. The summed E-state index contributed by atoms with van der Waals surface area (Å²) in [6, 6.07) is 13.1. The molecule has 2 aromatic rings. The maximum absolute atomic E-state index is 5.92. The first-order valence-electron chi connectivity index (χ1n) is 5.93. The van der Waals surface area contributed by atoms with Crippen LogP contribution in [0.4, 0.5) is 5.69 Å². The van der Waals surface area contributed by atoms with Crippen molar-refractivity contribution in [3.05, 3.63) is 58.6 Å². The molecule has 0 spiro atoms. The van der Waals surface area contributed by atoms with Gasteiger partial charge in [0, 0.05) is 16.3 Å². The van der Waals surface area contributed by atoms with Crippen LogP contribution >= 0.6 is 11.6 Å². The minimum atomic E-state index is 0.445. The monoisotopic (exact) mass is 277 g/mol. The summed E-state index contributed by atoms with van der Waals surface area (Å²) in [5.41, 5.74) is 8.42. The number of nitrogens with two attached hydrogens (primary N) is 1. The van der Waals surface area contributed by atoms with Crippen LogP contribution in [0, 0.1) is 0 Å². The molecule has 0 aliphatic rings. The fourth-order valence-electron chi connectivity index (χ4n) is 1.82. The van der Waals surface area contributed by atoms with Gasteiger partial charge in [-0.1, -0.05) is 23.7 Å². The minimum absolute atomic E-state index is 0.445. The molecule has 0 atom stereocenters. The van der Waals surface area contributed by atoms with Crippen molar-refractivity contribution >= 4 is 17.3 Å². The molecule has 100 valence electrons. The van der Waals surface area contributed by atoms with Gasteiger partial charge < -0.3 is 15.2 Å². The average Bonchev–Trinajstić information content (AvgIpc) is 2.39. The summed E-state index contributed by atoms with van der Waals surface area (Å²) in [5.74, 6) is 0.778. The van der Waals surface area contributed by atoms with E-state index in [9.17, 15) is 0 Å². The number of rotatable bonds is 5. The lowest BCUT2D eigenvalue weighted by Gasteiger charge is -2.10. The Balaban J connectivity index is 1.97. The van der Waals surface area contributed by atoms with E-state index in [1.807, 2.05) is 36.4 Å². The number of anilines is 1. The van der Waals surface area contributed by atoms with Crippen LogP contribution < -0.4 is 10.5 Å². The molecule has 2 aromatic carbocycles. The number of methoxy groups -OCH3 is 1. The zero-order valence-electron chi connectivity index (χ0n) is 10.7. The first kappa shape index (κ1) is 13.7. The van der Waals surface area contributed by atoms with Gasteiger partial charge in [-0.3, -0.25) is 0 Å². The lowest BCUT2D eigenvalue weighted by atomic mass is 10.2. The second-order valence-corrected chi connectivity index (χ2v) is 4.63. The molecule has 0 aliphatic heterocycles. The Labute approximate surface area is 117 Å². The van der Waals surface area contributed by atoms with Crippen LogP contribution in [0.5, 0.6) is 5.75 Å². The molecule has 0 unspecified atom stereocenters. The zero-order valence-corrected chi connectivity index (χ0v) is 11.5. The molecule has 19 heavy (non-hydrogen) atoms. The van der Waals surface area contributed by atoms with E-state index < -0.39 is 0 Å². The van der Waals surface area contributed by atoms with Gasteiger partial charge in [0.2, 0.25) is 0 Å². The summed E-state index contributed by atoms with van der Waals surface area (Å²) in [6.07, 6.45) is 0. The largest absolute Gasteiger partial charge is 0.496 e. The third-order valence-corrected chi connectivity index (χ3v) is 2.95. The highest BCUT2D eigenvalue weighted by Gasteiger charge is 2.04. The molecule has 2 N–H and O–H groups in total. The Kier molecular flexibility index (Phi) is 4.66. The predicted octanol–water partition coefficient (Wildman–Crippen LogP) is 3.65.